The van der Waals surface area contributed by atoms with Crippen molar-refractivity contribution in [2.24, 2.45) is 5.92 Å². The van der Waals surface area contributed by atoms with Crippen LogP contribution in [0, 0.1) is 11.7 Å². The number of fused-ring (bicyclic) bond motifs is 3. The Labute approximate surface area is 223 Å². The van der Waals surface area contributed by atoms with Gasteiger partial charge in [-0.15, -0.1) is 0 Å². The molecule has 0 unspecified atom stereocenters. The van der Waals surface area contributed by atoms with Crippen LogP contribution in [0.4, 0.5) is 4.39 Å². The van der Waals surface area contributed by atoms with Crippen molar-refractivity contribution in [2.45, 2.75) is 37.5 Å². The average molecular weight is 541 g/mol. The Hall–Kier alpha value is -3.11. The first-order valence-electron chi connectivity index (χ1n) is 12.6. The molecule has 0 spiro atoms. The van der Waals surface area contributed by atoms with E-state index < -0.39 is 32.9 Å². The molecule has 0 fully saturated rings. The summed E-state index contributed by atoms with van der Waals surface area (Å²) in [5, 5.41) is 9.96. The van der Waals surface area contributed by atoms with Crippen LogP contribution in [0.2, 0.25) is 0 Å². The second kappa shape index (κ2) is 11.7. The summed E-state index contributed by atoms with van der Waals surface area (Å²) in [6.07, 6.45) is -0.628. The number of carbonyl (C=O) groups excluding carboxylic acids is 1. The second-order valence-electron chi connectivity index (χ2n) is 9.73. The molecule has 1 aliphatic heterocycles. The standard InChI is InChI=1S/C29H33FN2O5S/c1-20-16-32(21(2)18-33)29(34)25-13-7-6-12-24(25)23-11-5-4-10-22(23)19-37-27(20)17-31(3)38(35,36)28-15-9-8-14-26(28)30/h4-15,20-21,27,33H,16-19H2,1-3H3/t20-,21-,27-/m1/s1. The summed E-state index contributed by atoms with van der Waals surface area (Å²) in [4.78, 5) is 15.1. The van der Waals surface area contributed by atoms with Crippen molar-refractivity contribution in [3.63, 3.8) is 0 Å². The Balaban J connectivity index is 1.74. The first kappa shape index (κ1) is 27.9. The quantitative estimate of drug-likeness (QED) is 0.507. The fourth-order valence-corrected chi connectivity index (χ4v) is 5.97. The molecular formula is C29H33FN2O5S. The highest BCUT2D eigenvalue weighted by atomic mass is 32.2. The fourth-order valence-electron chi connectivity index (χ4n) is 4.72. The molecule has 0 bridgehead atoms. The number of aliphatic hydroxyl groups excluding tert-OH is 1. The Bertz CT molecular complexity index is 1400. The normalized spacial score (nSPS) is 19.4. The zero-order valence-corrected chi connectivity index (χ0v) is 22.6. The van der Waals surface area contributed by atoms with Crippen LogP contribution in [0.3, 0.4) is 0 Å². The third-order valence-electron chi connectivity index (χ3n) is 7.06. The monoisotopic (exact) mass is 540 g/mol. The molecule has 0 radical (unpaired) electrons. The van der Waals surface area contributed by atoms with Crippen LogP contribution in [0.1, 0.15) is 29.8 Å². The second-order valence-corrected chi connectivity index (χ2v) is 11.7. The van der Waals surface area contributed by atoms with Crippen LogP contribution in [0.5, 0.6) is 0 Å². The smallest absolute Gasteiger partial charge is 0.254 e. The molecule has 1 N–H and O–H groups in total. The summed E-state index contributed by atoms with van der Waals surface area (Å²) in [7, 11) is -2.73. The number of hydrogen-bond donors (Lipinski definition) is 1. The van der Waals surface area contributed by atoms with E-state index in [0.29, 0.717) is 5.56 Å². The topological polar surface area (TPSA) is 87.2 Å². The first-order valence-corrected chi connectivity index (χ1v) is 14.0. The van der Waals surface area contributed by atoms with Gasteiger partial charge in [-0.3, -0.25) is 4.79 Å². The maximum absolute atomic E-state index is 14.4. The molecule has 202 valence electrons. The largest absolute Gasteiger partial charge is 0.394 e. The molecule has 38 heavy (non-hydrogen) atoms. The molecule has 3 aromatic rings. The van der Waals surface area contributed by atoms with E-state index >= 15 is 0 Å². The van der Waals surface area contributed by atoms with Crippen LogP contribution in [0.15, 0.2) is 77.7 Å². The van der Waals surface area contributed by atoms with E-state index in [9.17, 15) is 22.7 Å². The third-order valence-corrected chi connectivity index (χ3v) is 8.91. The average Bonchev–Trinajstić information content (AvgIpc) is 2.94. The van der Waals surface area contributed by atoms with Crippen LogP contribution in [-0.2, 0) is 21.4 Å². The van der Waals surface area contributed by atoms with Gasteiger partial charge in [-0.25, -0.2) is 12.8 Å². The van der Waals surface area contributed by atoms with Crippen LogP contribution < -0.4 is 0 Å². The van der Waals surface area contributed by atoms with Crippen molar-refractivity contribution in [3.05, 3.63) is 89.7 Å². The molecule has 9 heteroatoms. The number of benzene rings is 3. The molecule has 1 heterocycles. The number of nitrogens with zero attached hydrogens (tertiary/aromatic N) is 2. The van der Waals surface area contributed by atoms with Gasteiger partial charge < -0.3 is 14.7 Å². The highest BCUT2D eigenvalue weighted by molar-refractivity contribution is 7.89. The number of rotatable bonds is 6. The molecule has 0 aromatic heterocycles. The van der Waals surface area contributed by atoms with Gasteiger partial charge in [-0.05, 0) is 41.8 Å². The van der Waals surface area contributed by atoms with E-state index in [0.717, 1.165) is 27.1 Å². The zero-order chi connectivity index (χ0) is 27.4. The van der Waals surface area contributed by atoms with Crippen molar-refractivity contribution in [1.82, 2.24) is 9.21 Å². The van der Waals surface area contributed by atoms with E-state index in [1.807, 2.05) is 49.4 Å². The summed E-state index contributed by atoms with van der Waals surface area (Å²) < 4.78 is 48.3. The molecule has 4 rings (SSSR count). The molecular weight excluding hydrogens is 507 g/mol. The van der Waals surface area contributed by atoms with Crippen LogP contribution in [-0.4, -0.2) is 67.5 Å². The Morgan fingerprint density at radius 2 is 1.63 bits per heavy atom. The number of hydrogen-bond acceptors (Lipinski definition) is 5. The molecule has 0 saturated carbocycles. The minimum Gasteiger partial charge on any atom is -0.394 e. The van der Waals surface area contributed by atoms with Gasteiger partial charge in [0.25, 0.3) is 5.91 Å². The van der Waals surface area contributed by atoms with E-state index in [4.69, 9.17) is 4.74 Å². The molecule has 0 aliphatic carbocycles. The Kier molecular flexibility index (Phi) is 8.62. The molecule has 1 aliphatic rings. The lowest BCUT2D eigenvalue weighted by molar-refractivity contribution is -0.0146. The number of sulfonamides is 1. The summed E-state index contributed by atoms with van der Waals surface area (Å²) >= 11 is 0. The minimum atomic E-state index is -4.13. The predicted octanol–water partition coefficient (Wildman–Crippen LogP) is 4.17. The van der Waals surface area contributed by atoms with Crippen molar-refractivity contribution in [1.29, 1.82) is 0 Å². The van der Waals surface area contributed by atoms with Gasteiger partial charge in [0, 0.05) is 31.6 Å². The van der Waals surface area contributed by atoms with Gasteiger partial charge in [0.1, 0.15) is 10.7 Å². The molecule has 0 saturated heterocycles. The zero-order valence-electron chi connectivity index (χ0n) is 21.7. The predicted molar refractivity (Wildman–Crippen MR) is 143 cm³/mol. The van der Waals surface area contributed by atoms with Gasteiger partial charge in [-0.1, -0.05) is 61.5 Å². The van der Waals surface area contributed by atoms with Gasteiger partial charge in [-0.2, -0.15) is 4.31 Å². The number of ether oxygens (including phenoxy) is 1. The summed E-state index contributed by atoms with van der Waals surface area (Å²) in [5.74, 6) is -1.36. The van der Waals surface area contributed by atoms with Gasteiger partial charge in [0.2, 0.25) is 10.0 Å². The highest BCUT2D eigenvalue weighted by Crippen LogP contribution is 2.31. The van der Waals surface area contributed by atoms with E-state index in [-0.39, 0.29) is 38.1 Å². The number of halogens is 1. The van der Waals surface area contributed by atoms with Gasteiger partial charge in [0.05, 0.1) is 25.4 Å². The van der Waals surface area contributed by atoms with E-state index in [1.54, 1.807) is 17.9 Å². The summed E-state index contributed by atoms with van der Waals surface area (Å²) in [5.41, 5.74) is 2.98. The Morgan fingerprint density at radius 1 is 1.03 bits per heavy atom. The van der Waals surface area contributed by atoms with E-state index in [2.05, 4.69) is 0 Å². The van der Waals surface area contributed by atoms with Gasteiger partial charge >= 0.3 is 0 Å². The molecule has 3 aromatic carbocycles. The van der Waals surface area contributed by atoms with Crippen LogP contribution in [0.25, 0.3) is 11.1 Å². The van der Waals surface area contributed by atoms with Gasteiger partial charge in [0.15, 0.2) is 0 Å². The summed E-state index contributed by atoms with van der Waals surface area (Å²) in [6.45, 7) is 3.78. The number of aliphatic hydroxyl groups is 1. The number of likely N-dealkylation sites (N-methyl/N-ethyl adjacent to an activating group) is 1. The lowest BCUT2D eigenvalue weighted by Gasteiger charge is -2.35. The fraction of sp³-hybridized carbons (Fsp3) is 0.345. The third kappa shape index (κ3) is 5.66. The van der Waals surface area contributed by atoms with Crippen molar-refractivity contribution >= 4 is 15.9 Å². The maximum atomic E-state index is 14.4. The van der Waals surface area contributed by atoms with Crippen molar-refractivity contribution in [2.75, 3.05) is 26.7 Å². The summed E-state index contributed by atoms with van der Waals surface area (Å²) in [6, 6.07) is 19.8. The highest BCUT2D eigenvalue weighted by Gasteiger charge is 2.33. The lowest BCUT2D eigenvalue weighted by Crippen LogP contribution is -2.47. The van der Waals surface area contributed by atoms with Crippen LogP contribution >= 0.6 is 0 Å². The minimum absolute atomic E-state index is 0.0531. The number of carbonyl (C=O) groups is 1. The SMILES string of the molecule is C[C@@H]1CN([C@H](C)CO)C(=O)c2ccccc2-c2ccccc2CO[C@@H]1CN(C)S(=O)(=O)c1ccccc1F. The molecule has 1 amide bonds. The lowest BCUT2D eigenvalue weighted by atomic mass is 9.94. The number of amides is 1. The van der Waals surface area contributed by atoms with Crippen molar-refractivity contribution in [3.8, 4) is 11.1 Å². The first-order chi connectivity index (χ1) is 18.1. The molecule has 3 atom stereocenters. The van der Waals surface area contributed by atoms with E-state index in [1.165, 1.54) is 25.2 Å². The van der Waals surface area contributed by atoms with Crippen molar-refractivity contribution < 1.29 is 27.4 Å². The maximum Gasteiger partial charge on any atom is 0.254 e. The Morgan fingerprint density at radius 3 is 2.32 bits per heavy atom. The molecule has 7 nitrogen and oxygen atoms in total.